The predicted molar refractivity (Wildman–Crippen MR) is 90.7 cm³/mol. The molecule has 0 aromatic heterocycles. The van der Waals surface area contributed by atoms with Gasteiger partial charge in [-0.3, -0.25) is 0 Å². The van der Waals surface area contributed by atoms with Crippen LogP contribution in [0.2, 0.25) is 19.6 Å². The van der Waals surface area contributed by atoms with Crippen LogP contribution >= 0.6 is 0 Å². The number of aryl methyl sites for hydroxylation is 4. The summed E-state index contributed by atoms with van der Waals surface area (Å²) in [5, 5.41) is 1.67. The molecule has 0 unspecified atom stereocenters. The Kier molecular flexibility index (Phi) is 3.55. The molecular formula is C19H24Si. The zero-order chi connectivity index (χ0) is 14.2. The van der Waals surface area contributed by atoms with Crippen molar-refractivity contribution in [1.82, 2.24) is 0 Å². The van der Waals surface area contributed by atoms with Gasteiger partial charge in [0.2, 0.25) is 0 Å². The summed E-state index contributed by atoms with van der Waals surface area (Å²) >= 11 is 0. The Balaban J connectivity index is 2.04. The summed E-state index contributed by atoms with van der Waals surface area (Å²) in [6, 6.07) is 16.5. The summed E-state index contributed by atoms with van der Waals surface area (Å²) in [7, 11) is -1.25. The van der Waals surface area contributed by atoms with Crippen LogP contribution in [-0.4, -0.2) is 8.07 Å². The van der Waals surface area contributed by atoms with E-state index in [1.165, 1.54) is 23.1 Å². The Morgan fingerprint density at radius 1 is 0.650 bits per heavy atom. The normalized spacial score (nSPS) is 14.9. The lowest BCUT2D eigenvalue weighted by molar-refractivity contribution is 0.926. The Morgan fingerprint density at radius 3 is 1.75 bits per heavy atom. The van der Waals surface area contributed by atoms with Crippen LogP contribution in [0.4, 0.5) is 0 Å². The van der Waals surface area contributed by atoms with E-state index in [-0.39, 0.29) is 0 Å². The molecule has 4 aliphatic rings. The first-order valence-corrected chi connectivity index (χ1v) is 11.2. The van der Waals surface area contributed by atoms with E-state index in [0.29, 0.717) is 0 Å². The summed E-state index contributed by atoms with van der Waals surface area (Å²) in [5.41, 5.74) is 6.03. The monoisotopic (exact) mass is 280 g/mol. The van der Waals surface area contributed by atoms with Crippen molar-refractivity contribution in [3.8, 4) is 0 Å². The lowest BCUT2D eigenvalue weighted by atomic mass is 9.97. The molecule has 2 aromatic rings. The van der Waals surface area contributed by atoms with Crippen molar-refractivity contribution in [3.05, 3.63) is 64.7 Å². The summed E-state index contributed by atoms with van der Waals surface area (Å²) in [6.07, 6.45) is 4.66. The fourth-order valence-corrected chi connectivity index (χ4v) is 4.93. The van der Waals surface area contributed by atoms with Gasteiger partial charge in [-0.25, -0.2) is 0 Å². The molecule has 1 heteroatoms. The molecule has 0 fully saturated rings. The maximum Gasteiger partial charge on any atom is 0.0779 e. The van der Waals surface area contributed by atoms with Gasteiger partial charge in [-0.1, -0.05) is 67.3 Å². The highest BCUT2D eigenvalue weighted by molar-refractivity contribution is 6.89. The van der Waals surface area contributed by atoms with Crippen LogP contribution in [-0.2, 0) is 25.7 Å². The van der Waals surface area contributed by atoms with E-state index in [1.54, 1.807) is 10.8 Å². The average molecular weight is 280 g/mol. The molecule has 0 spiro atoms. The summed E-state index contributed by atoms with van der Waals surface area (Å²) in [6.45, 7) is 7.40. The zero-order valence-corrected chi connectivity index (χ0v) is 13.9. The molecule has 0 saturated heterocycles. The van der Waals surface area contributed by atoms with Crippen LogP contribution in [0.25, 0.3) is 0 Å². The second-order valence-electron chi connectivity index (χ2n) is 7.06. The fourth-order valence-electron chi connectivity index (χ4n) is 3.14. The average Bonchev–Trinajstić information content (AvgIpc) is 2.40. The van der Waals surface area contributed by atoms with Gasteiger partial charge in [0.05, 0.1) is 8.07 Å². The fraction of sp³-hybridized carbons (Fsp3) is 0.368. The van der Waals surface area contributed by atoms with Gasteiger partial charge in [0, 0.05) is 0 Å². The van der Waals surface area contributed by atoms with Gasteiger partial charge in [-0.2, -0.15) is 0 Å². The molecule has 2 aromatic carbocycles. The lowest BCUT2D eigenvalue weighted by Gasteiger charge is -2.23. The van der Waals surface area contributed by atoms with Gasteiger partial charge in [0.25, 0.3) is 0 Å². The second-order valence-corrected chi connectivity index (χ2v) is 12.1. The Hall–Kier alpha value is -1.34. The summed E-state index contributed by atoms with van der Waals surface area (Å²) in [4.78, 5) is 0. The molecule has 0 nitrogen and oxygen atoms in total. The maximum atomic E-state index is 2.51. The standard InChI is InChI=1S/C19H24Si/c1-20(2,3)19-14-17-9-8-15-4-6-16(7-5-15)10-12-18(19)13-11-17/h4-7,11,13-14H,8-10,12H2,1-3H3. The zero-order valence-electron chi connectivity index (χ0n) is 12.9. The van der Waals surface area contributed by atoms with Crippen molar-refractivity contribution < 1.29 is 0 Å². The minimum absolute atomic E-state index is 1.16. The molecule has 0 amide bonds. The molecule has 4 aliphatic carbocycles. The van der Waals surface area contributed by atoms with E-state index in [4.69, 9.17) is 0 Å². The van der Waals surface area contributed by atoms with Crippen molar-refractivity contribution in [2.45, 2.75) is 45.3 Å². The van der Waals surface area contributed by atoms with Gasteiger partial charge in [-0.05, 0) is 47.9 Å². The highest BCUT2D eigenvalue weighted by Gasteiger charge is 2.20. The second kappa shape index (κ2) is 5.21. The smallest absolute Gasteiger partial charge is 0.0656 e. The Bertz CT molecular complexity index is 603. The first-order valence-electron chi connectivity index (χ1n) is 7.72. The topological polar surface area (TPSA) is 0 Å². The third-order valence-corrected chi connectivity index (χ3v) is 6.47. The van der Waals surface area contributed by atoms with Crippen molar-refractivity contribution in [1.29, 1.82) is 0 Å². The van der Waals surface area contributed by atoms with Gasteiger partial charge < -0.3 is 0 Å². The van der Waals surface area contributed by atoms with Crippen LogP contribution in [0, 0.1) is 0 Å². The predicted octanol–water partition coefficient (Wildman–Crippen LogP) is 4.12. The number of rotatable bonds is 1. The van der Waals surface area contributed by atoms with E-state index in [0.717, 1.165) is 19.3 Å². The van der Waals surface area contributed by atoms with E-state index in [1.807, 2.05) is 0 Å². The molecular weight excluding hydrogens is 256 g/mol. The molecule has 4 bridgehead atoms. The van der Waals surface area contributed by atoms with Gasteiger partial charge in [0.15, 0.2) is 0 Å². The molecule has 0 N–H and O–H groups in total. The van der Waals surface area contributed by atoms with E-state index >= 15 is 0 Å². The van der Waals surface area contributed by atoms with Crippen molar-refractivity contribution >= 4 is 13.3 Å². The van der Waals surface area contributed by atoms with Crippen LogP contribution in [0.3, 0.4) is 0 Å². The van der Waals surface area contributed by atoms with Crippen molar-refractivity contribution in [2.24, 2.45) is 0 Å². The highest BCUT2D eigenvalue weighted by Crippen LogP contribution is 2.17. The van der Waals surface area contributed by atoms with Gasteiger partial charge in [-0.15, -0.1) is 0 Å². The maximum absolute atomic E-state index is 2.51. The number of hydrogen-bond acceptors (Lipinski definition) is 0. The molecule has 20 heavy (non-hydrogen) atoms. The number of benzene rings is 2. The third-order valence-electron chi connectivity index (χ3n) is 4.39. The van der Waals surface area contributed by atoms with Crippen molar-refractivity contribution in [2.75, 3.05) is 0 Å². The van der Waals surface area contributed by atoms with Crippen LogP contribution in [0.15, 0.2) is 42.5 Å². The van der Waals surface area contributed by atoms with E-state index in [2.05, 4.69) is 62.1 Å². The third kappa shape index (κ3) is 2.88. The lowest BCUT2D eigenvalue weighted by Crippen LogP contribution is -2.40. The largest absolute Gasteiger partial charge is 0.0779 e. The van der Waals surface area contributed by atoms with Crippen LogP contribution < -0.4 is 5.19 Å². The SMILES string of the molecule is C[Si](C)(C)c1cc2ccc1CCc1ccc(cc1)CC2. The minimum atomic E-state index is -1.25. The Morgan fingerprint density at radius 2 is 1.15 bits per heavy atom. The van der Waals surface area contributed by atoms with Crippen LogP contribution in [0.5, 0.6) is 0 Å². The van der Waals surface area contributed by atoms with E-state index < -0.39 is 8.07 Å². The quantitative estimate of drug-likeness (QED) is 0.690. The minimum Gasteiger partial charge on any atom is -0.0656 e. The van der Waals surface area contributed by atoms with Gasteiger partial charge >= 0.3 is 0 Å². The van der Waals surface area contributed by atoms with Crippen LogP contribution in [0.1, 0.15) is 22.3 Å². The summed E-state index contributed by atoms with van der Waals surface area (Å²) < 4.78 is 0. The molecule has 0 saturated carbocycles. The molecule has 0 radical (unpaired) electrons. The van der Waals surface area contributed by atoms with E-state index in [9.17, 15) is 0 Å². The number of hydrogen-bond donors (Lipinski definition) is 0. The molecule has 6 rings (SSSR count). The Labute approximate surface area is 123 Å². The van der Waals surface area contributed by atoms with Gasteiger partial charge in [0.1, 0.15) is 0 Å². The first-order chi connectivity index (χ1) is 9.52. The molecule has 0 heterocycles. The first kappa shape index (κ1) is 13.6. The van der Waals surface area contributed by atoms with Crippen molar-refractivity contribution in [3.63, 3.8) is 0 Å². The molecule has 104 valence electrons. The molecule has 0 atom stereocenters. The molecule has 0 aliphatic heterocycles. The summed E-state index contributed by atoms with van der Waals surface area (Å²) in [5.74, 6) is 0. The highest BCUT2D eigenvalue weighted by atomic mass is 28.3.